The van der Waals surface area contributed by atoms with Crippen molar-refractivity contribution in [1.29, 1.82) is 0 Å². The molecule has 0 fully saturated rings. The van der Waals surface area contributed by atoms with E-state index < -0.39 is 0 Å². The van der Waals surface area contributed by atoms with Crippen LogP contribution in [0.1, 0.15) is 32.8 Å². The average molecular weight is 379 g/mol. The maximum Gasteiger partial charge on any atom is 0.147 e. The number of halogens is 2. The van der Waals surface area contributed by atoms with Crippen LogP contribution in [0.15, 0.2) is 21.1 Å². The Kier molecular flexibility index (Phi) is 6.15. The average Bonchev–Trinajstić information content (AvgIpc) is 2.28. The third-order valence-corrected chi connectivity index (χ3v) is 4.33. The summed E-state index contributed by atoms with van der Waals surface area (Å²) in [6.45, 7) is 8.66. The Morgan fingerprint density at radius 2 is 1.78 bits per heavy atom. The van der Waals surface area contributed by atoms with Gasteiger partial charge in [0.1, 0.15) is 5.75 Å². The minimum Gasteiger partial charge on any atom is -0.494 e. The lowest BCUT2D eigenvalue weighted by atomic mass is 9.90. The Morgan fingerprint density at radius 1 is 1.22 bits per heavy atom. The van der Waals surface area contributed by atoms with Crippen molar-refractivity contribution in [1.82, 2.24) is 5.32 Å². The number of ether oxygens (including phenoxy) is 1. The SMILES string of the molecule is CCC(C)(C)CNCc1cc(Br)c(OC)c(Br)c1. The van der Waals surface area contributed by atoms with E-state index in [1.54, 1.807) is 7.11 Å². The lowest BCUT2D eigenvalue weighted by Gasteiger charge is -2.23. The summed E-state index contributed by atoms with van der Waals surface area (Å²) in [6, 6.07) is 4.19. The van der Waals surface area contributed by atoms with E-state index in [2.05, 4.69) is 70.1 Å². The molecule has 0 saturated carbocycles. The van der Waals surface area contributed by atoms with Crippen molar-refractivity contribution < 1.29 is 4.74 Å². The van der Waals surface area contributed by atoms with Crippen LogP contribution < -0.4 is 10.1 Å². The van der Waals surface area contributed by atoms with Crippen molar-refractivity contribution in [3.05, 3.63) is 26.6 Å². The van der Waals surface area contributed by atoms with Crippen LogP contribution in [0.25, 0.3) is 0 Å². The van der Waals surface area contributed by atoms with Crippen LogP contribution >= 0.6 is 31.9 Å². The highest BCUT2D eigenvalue weighted by atomic mass is 79.9. The lowest BCUT2D eigenvalue weighted by Crippen LogP contribution is -2.28. The molecule has 2 nitrogen and oxygen atoms in total. The van der Waals surface area contributed by atoms with Crippen molar-refractivity contribution in [3.63, 3.8) is 0 Å². The first-order valence-corrected chi connectivity index (χ1v) is 7.71. The maximum atomic E-state index is 5.29. The smallest absolute Gasteiger partial charge is 0.147 e. The van der Waals surface area contributed by atoms with Crippen LogP contribution in [0.3, 0.4) is 0 Å². The Bertz CT molecular complexity index is 382. The number of benzene rings is 1. The van der Waals surface area contributed by atoms with E-state index in [9.17, 15) is 0 Å². The minimum absolute atomic E-state index is 0.348. The molecule has 1 aromatic carbocycles. The van der Waals surface area contributed by atoms with E-state index in [0.717, 1.165) is 27.8 Å². The lowest BCUT2D eigenvalue weighted by molar-refractivity contribution is 0.327. The minimum atomic E-state index is 0.348. The van der Waals surface area contributed by atoms with E-state index in [0.29, 0.717) is 5.41 Å². The number of rotatable bonds is 6. The molecule has 0 aromatic heterocycles. The normalized spacial score (nSPS) is 11.7. The molecule has 4 heteroatoms. The van der Waals surface area contributed by atoms with Crippen molar-refractivity contribution in [2.24, 2.45) is 5.41 Å². The first-order chi connectivity index (χ1) is 8.39. The molecule has 0 unspecified atom stereocenters. The molecule has 0 saturated heterocycles. The summed E-state index contributed by atoms with van der Waals surface area (Å²) in [4.78, 5) is 0. The summed E-state index contributed by atoms with van der Waals surface area (Å²) in [6.07, 6.45) is 1.18. The van der Waals surface area contributed by atoms with Gasteiger partial charge in [-0.25, -0.2) is 0 Å². The van der Waals surface area contributed by atoms with Gasteiger partial charge < -0.3 is 10.1 Å². The highest BCUT2D eigenvalue weighted by Crippen LogP contribution is 2.34. The van der Waals surface area contributed by atoms with Gasteiger partial charge in [-0.15, -0.1) is 0 Å². The van der Waals surface area contributed by atoms with E-state index in [-0.39, 0.29) is 0 Å². The summed E-state index contributed by atoms with van der Waals surface area (Å²) in [7, 11) is 1.67. The molecule has 0 bridgehead atoms. The molecule has 0 aliphatic rings. The summed E-state index contributed by atoms with van der Waals surface area (Å²) < 4.78 is 7.25. The van der Waals surface area contributed by atoms with Gasteiger partial charge in [0.25, 0.3) is 0 Å². The van der Waals surface area contributed by atoms with Crippen molar-refractivity contribution in [2.75, 3.05) is 13.7 Å². The monoisotopic (exact) mass is 377 g/mol. The molecule has 0 amide bonds. The summed E-state index contributed by atoms with van der Waals surface area (Å²) >= 11 is 7.04. The van der Waals surface area contributed by atoms with E-state index in [1.807, 2.05) is 0 Å². The number of hydrogen-bond acceptors (Lipinski definition) is 2. The van der Waals surface area contributed by atoms with Gasteiger partial charge in [-0.3, -0.25) is 0 Å². The second-order valence-electron chi connectivity index (χ2n) is 5.21. The van der Waals surface area contributed by atoms with Gasteiger partial charge in [0.2, 0.25) is 0 Å². The van der Waals surface area contributed by atoms with Gasteiger partial charge in [0, 0.05) is 13.1 Å². The molecule has 0 aliphatic heterocycles. The third kappa shape index (κ3) is 4.56. The number of methoxy groups -OCH3 is 1. The van der Waals surface area contributed by atoms with Crippen LogP contribution in [0.4, 0.5) is 0 Å². The van der Waals surface area contributed by atoms with Gasteiger partial charge >= 0.3 is 0 Å². The highest BCUT2D eigenvalue weighted by Gasteiger charge is 2.14. The van der Waals surface area contributed by atoms with Crippen LogP contribution in [-0.2, 0) is 6.54 Å². The summed E-state index contributed by atoms with van der Waals surface area (Å²) in [5.41, 5.74) is 1.59. The fourth-order valence-corrected chi connectivity index (χ4v) is 3.18. The van der Waals surface area contributed by atoms with Gasteiger partial charge in [-0.05, 0) is 61.4 Å². The maximum absolute atomic E-state index is 5.29. The number of hydrogen-bond donors (Lipinski definition) is 1. The number of nitrogens with one attached hydrogen (secondary N) is 1. The Balaban J connectivity index is 2.64. The first kappa shape index (κ1) is 16.0. The van der Waals surface area contributed by atoms with Crippen LogP contribution in [-0.4, -0.2) is 13.7 Å². The zero-order valence-corrected chi connectivity index (χ0v) is 14.6. The molecule has 0 radical (unpaired) electrons. The molecule has 18 heavy (non-hydrogen) atoms. The third-order valence-electron chi connectivity index (χ3n) is 3.15. The van der Waals surface area contributed by atoms with E-state index >= 15 is 0 Å². The largest absolute Gasteiger partial charge is 0.494 e. The zero-order chi connectivity index (χ0) is 13.8. The predicted molar refractivity (Wildman–Crippen MR) is 84.2 cm³/mol. The van der Waals surface area contributed by atoms with Gasteiger partial charge in [-0.1, -0.05) is 20.8 Å². The molecule has 0 spiro atoms. The second kappa shape index (κ2) is 6.92. The predicted octanol–water partition coefficient (Wildman–Crippen LogP) is 4.75. The molecule has 0 heterocycles. The van der Waals surface area contributed by atoms with Crippen molar-refractivity contribution >= 4 is 31.9 Å². The topological polar surface area (TPSA) is 21.3 Å². The molecule has 0 aliphatic carbocycles. The fourth-order valence-electron chi connectivity index (χ4n) is 1.58. The Morgan fingerprint density at radius 3 is 2.22 bits per heavy atom. The molecular formula is C14H21Br2NO. The summed E-state index contributed by atoms with van der Waals surface area (Å²) in [5, 5.41) is 3.50. The van der Waals surface area contributed by atoms with Crippen LogP contribution in [0.5, 0.6) is 5.75 Å². The quantitative estimate of drug-likeness (QED) is 0.771. The van der Waals surface area contributed by atoms with E-state index in [1.165, 1.54) is 12.0 Å². The van der Waals surface area contributed by atoms with Crippen LogP contribution in [0, 0.1) is 5.41 Å². The van der Waals surface area contributed by atoms with Crippen molar-refractivity contribution in [3.8, 4) is 5.75 Å². The molecule has 1 N–H and O–H groups in total. The van der Waals surface area contributed by atoms with Gasteiger partial charge in [0.05, 0.1) is 16.1 Å². The highest BCUT2D eigenvalue weighted by molar-refractivity contribution is 9.11. The first-order valence-electron chi connectivity index (χ1n) is 6.12. The Hall–Kier alpha value is -0.0600. The van der Waals surface area contributed by atoms with E-state index in [4.69, 9.17) is 4.74 Å². The second-order valence-corrected chi connectivity index (χ2v) is 6.92. The standard InChI is InChI=1S/C14H21Br2NO/c1-5-14(2,3)9-17-8-10-6-11(15)13(18-4)12(16)7-10/h6-7,17H,5,8-9H2,1-4H3. The summed E-state index contributed by atoms with van der Waals surface area (Å²) in [5.74, 6) is 0.840. The van der Waals surface area contributed by atoms with Crippen molar-refractivity contribution in [2.45, 2.75) is 33.7 Å². The van der Waals surface area contributed by atoms with Crippen LogP contribution in [0.2, 0.25) is 0 Å². The van der Waals surface area contributed by atoms with Gasteiger partial charge in [-0.2, -0.15) is 0 Å². The molecule has 1 rings (SSSR count). The Labute approximate surface area is 127 Å². The molecule has 0 atom stereocenters. The molecule has 1 aromatic rings. The molecular weight excluding hydrogens is 358 g/mol. The fraction of sp³-hybridized carbons (Fsp3) is 0.571. The zero-order valence-electron chi connectivity index (χ0n) is 11.4. The van der Waals surface area contributed by atoms with Gasteiger partial charge in [0.15, 0.2) is 0 Å². The molecule has 102 valence electrons.